The van der Waals surface area contributed by atoms with E-state index in [4.69, 9.17) is 4.42 Å². The highest BCUT2D eigenvalue weighted by Gasteiger charge is 2.36. The molecule has 0 fully saturated rings. The van der Waals surface area contributed by atoms with Crippen molar-refractivity contribution in [3.8, 4) is 22.3 Å². The van der Waals surface area contributed by atoms with Gasteiger partial charge in [0.2, 0.25) is 0 Å². The summed E-state index contributed by atoms with van der Waals surface area (Å²) in [6, 6.07) is 52.9. The molecule has 0 saturated carbocycles. The molecule has 3 nitrogen and oxygen atoms in total. The average molecular weight is 657 g/mol. The summed E-state index contributed by atoms with van der Waals surface area (Å²) in [5, 5.41) is 8.06. The van der Waals surface area contributed by atoms with E-state index in [1.165, 1.54) is 55.3 Å². The highest BCUT2D eigenvalue weighted by atomic mass is 16.3. The topological polar surface area (TPSA) is 28.4 Å². The molecule has 51 heavy (non-hydrogen) atoms. The van der Waals surface area contributed by atoms with Gasteiger partial charge in [-0.05, 0) is 92.5 Å². The number of rotatable bonds is 5. The Bertz CT molecular complexity index is 2710. The van der Waals surface area contributed by atoms with Crippen LogP contribution in [0.15, 0.2) is 168 Å². The Morgan fingerprint density at radius 2 is 1.27 bits per heavy atom. The van der Waals surface area contributed by atoms with Crippen molar-refractivity contribution in [2.45, 2.75) is 19.3 Å². The summed E-state index contributed by atoms with van der Waals surface area (Å²) < 4.78 is 6.79. The summed E-state index contributed by atoms with van der Waals surface area (Å²) >= 11 is 0. The number of furan rings is 1. The number of hydrogen-bond donors (Lipinski definition) is 1. The molecular weight excluding hydrogens is 621 g/mol. The second-order valence-corrected chi connectivity index (χ2v) is 14.2. The first-order valence-corrected chi connectivity index (χ1v) is 17.7. The maximum atomic E-state index is 6.79. The Kier molecular flexibility index (Phi) is 6.59. The second kappa shape index (κ2) is 11.4. The molecule has 3 heteroatoms. The lowest BCUT2D eigenvalue weighted by Gasteiger charge is -2.29. The smallest absolute Gasteiger partial charge is 0.138 e. The maximum absolute atomic E-state index is 6.79. The molecular formula is C48H36N2O. The number of nitrogens with zero attached hydrogens (tertiary/aromatic N) is 1. The minimum atomic E-state index is -0.121. The van der Waals surface area contributed by atoms with Crippen LogP contribution in [-0.2, 0) is 5.41 Å². The summed E-state index contributed by atoms with van der Waals surface area (Å²) in [5.74, 6) is 0. The van der Waals surface area contributed by atoms with E-state index in [0.717, 1.165) is 45.5 Å². The van der Waals surface area contributed by atoms with Gasteiger partial charge in [-0.3, -0.25) is 0 Å². The van der Waals surface area contributed by atoms with Crippen molar-refractivity contribution in [2.75, 3.05) is 11.4 Å². The van der Waals surface area contributed by atoms with Crippen molar-refractivity contribution in [1.29, 1.82) is 0 Å². The van der Waals surface area contributed by atoms with Gasteiger partial charge in [-0.1, -0.05) is 129 Å². The van der Waals surface area contributed by atoms with Crippen molar-refractivity contribution in [3.63, 3.8) is 0 Å². The molecule has 244 valence electrons. The van der Waals surface area contributed by atoms with Crippen LogP contribution in [0.25, 0.3) is 60.5 Å². The van der Waals surface area contributed by atoms with E-state index in [0.29, 0.717) is 0 Å². The Balaban J connectivity index is 1.23. The minimum Gasteiger partial charge on any atom is -0.456 e. The lowest BCUT2D eigenvalue weighted by molar-refractivity contribution is 0.660. The third-order valence-corrected chi connectivity index (χ3v) is 10.9. The molecule has 8 aromatic rings. The van der Waals surface area contributed by atoms with Gasteiger partial charge in [0.1, 0.15) is 11.2 Å². The molecule has 1 aliphatic carbocycles. The summed E-state index contributed by atoms with van der Waals surface area (Å²) in [6.45, 7) is 5.48. The minimum absolute atomic E-state index is 0.121. The molecule has 0 saturated heterocycles. The summed E-state index contributed by atoms with van der Waals surface area (Å²) in [5.41, 5.74) is 15.2. The van der Waals surface area contributed by atoms with E-state index in [9.17, 15) is 0 Å². The lowest BCUT2D eigenvalue weighted by Crippen LogP contribution is -2.16. The van der Waals surface area contributed by atoms with Crippen molar-refractivity contribution >= 4 is 55.3 Å². The van der Waals surface area contributed by atoms with Crippen molar-refractivity contribution in [2.24, 2.45) is 0 Å². The Morgan fingerprint density at radius 1 is 0.569 bits per heavy atom. The SMILES string of the molecule is CC1(C)c2ccccc2-c2ccc(N(c3ccc(-c4ccccc4)cc3)c3cc4oc5cccc(C6=CC=CNC6)c5c4c4ccccc34)cc21. The van der Waals surface area contributed by atoms with E-state index in [-0.39, 0.29) is 5.41 Å². The van der Waals surface area contributed by atoms with Gasteiger partial charge in [0, 0.05) is 45.6 Å². The fourth-order valence-electron chi connectivity index (χ4n) is 8.45. The predicted molar refractivity (Wildman–Crippen MR) is 214 cm³/mol. The van der Waals surface area contributed by atoms with Crippen LogP contribution in [0.4, 0.5) is 17.1 Å². The van der Waals surface area contributed by atoms with E-state index in [1.807, 2.05) is 6.20 Å². The first-order chi connectivity index (χ1) is 25.1. The molecule has 2 heterocycles. The number of anilines is 3. The van der Waals surface area contributed by atoms with Crippen molar-refractivity contribution in [3.05, 3.63) is 181 Å². The fourth-order valence-corrected chi connectivity index (χ4v) is 8.45. The van der Waals surface area contributed by atoms with Gasteiger partial charge < -0.3 is 14.6 Å². The first-order valence-electron chi connectivity index (χ1n) is 17.7. The maximum Gasteiger partial charge on any atom is 0.138 e. The van der Waals surface area contributed by atoms with E-state index < -0.39 is 0 Å². The predicted octanol–water partition coefficient (Wildman–Crippen LogP) is 12.7. The zero-order valence-corrected chi connectivity index (χ0v) is 28.7. The summed E-state index contributed by atoms with van der Waals surface area (Å²) in [6.07, 6.45) is 6.28. The van der Waals surface area contributed by atoms with E-state index in [1.54, 1.807) is 0 Å². The number of hydrogen-bond acceptors (Lipinski definition) is 3. The normalized spacial score (nSPS) is 14.4. The highest BCUT2D eigenvalue weighted by molar-refractivity contribution is 6.24. The number of allylic oxidation sites excluding steroid dienone is 2. The quantitative estimate of drug-likeness (QED) is 0.200. The van der Waals surface area contributed by atoms with Crippen LogP contribution in [0.2, 0.25) is 0 Å². The fraction of sp³-hybridized carbons (Fsp3) is 0.0833. The number of benzene rings is 7. The Labute approximate surface area is 297 Å². The average Bonchev–Trinajstić information content (AvgIpc) is 3.68. The molecule has 1 aromatic heterocycles. The molecule has 0 atom stereocenters. The monoisotopic (exact) mass is 656 g/mol. The van der Waals surface area contributed by atoms with Gasteiger partial charge in [-0.15, -0.1) is 0 Å². The van der Waals surface area contributed by atoms with Crippen molar-refractivity contribution < 1.29 is 4.42 Å². The van der Waals surface area contributed by atoms with Gasteiger partial charge in [0.05, 0.1) is 5.69 Å². The van der Waals surface area contributed by atoms with Crippen LogP contribution in [0.5, 0.6) is 0 Å². The van der Waals surface area contributed by atoms with Crippen LogP contribution in [-0.4, -0.2) is 6.54 Å². The molecule has 0 amide bonds. The number of dihydropyridines is 1. The molecule has 7 aromatic carbocycles. The second-order valence-electron chi connectivity index (χ2n) is 14.2. The molecule has 1 N–H and O–H groups in total. The van der Waals surface area contributed by atoms with Crippen molar-refractivity contribution in [1.82, 2.24) is 5.32 Å². The lowest BCUT2D eigenvalue weighted by atomic mass is 9.82. The molecule has 0 spiro atoms. The van der Waals surface area contributed by atoms with E-state index in [2.05, 4.69) is 182 Å². The van der Waals surface area contributed by atoms with Gasteiger partial charge in [0.25, 0.3) is 0 Å². The third-order valence-electron chi connectivity index (χ3n) is 10.9. The zero-order chi connectivity index (χ0) is 34.1. The Hall–Kier alpha value is -6.32. The molecule has 0 unspecified atom stereocenters. The summed E-state index contributed by atoms with van der Waals surface area (Å²) in [4.78, 5) is 2.42. The van der Waals surface area contributed by atoms with Crippen LogP contribution in [0.3, 0.4) is 0 Å². The first kappa shape index (κ1) is 29.6. The molecule has 2 aliphatic rings. The third kappa shape index (κ3) is 4.58. The molecule has 1 aliphatic heterocycles. The molecule has 0 radical (unpaired) electrons. The van der Waals surface area contributed by atoms with Crippen LogP contribution >= 0.6 is 0 Å². The zero-order valence-electron chi connectivity index (χ0n) is 28.7. The van der Waals surface area contributed by atoms with Gasteiger partial charge in [0.15, 0.2) is 0 Å². The van der Waals surface area contributed by atoms with Crippen LogP contribution < -0.4 is 10.2 Å². The van der Waals surface area contributed by atoms with Crippen LogP contribution in [0, 0.1) is 0 Å². The van der Waals surface area contributed by atoms with Gasteiger partial charge >= 0.3 is 0 Å². The molecule has 10 rings (SSSR count). The number of fused-ring (bicyclic) bond motifs is 8. The Morgan fingerprint density at radius 3 is 2.10 bits per heavy atom. The van der Waals surface area contributed by atoms with Gasteiger partial charge in [-0.25, -0.2) is 0 Å². The number of nitrogens with one attached hydrogen (secondary N) is 1. The van der Waals surface area contributed by atoms with Crippen LogP contribution in [0.1, 0.15) is 30.5 Å². The summed E-state index contributed by atoms with van der Waals surface area (Å²) in [7, 11) is 0. The molecule has 0 bridgehead atoms. The largest absolute Gasteiger partial charge is 0.456 e. The van der Waals surface area contributed by atoms with E-state index >= 15 is 0 Å². The standard InChI is InChI=1S/C48H36N2O/c1-48(2)41-19-9-8-15-37(41)38-26-25-35(28-42(38)48)50(34-23-21-32(22-24-34)31-12-4-3-5-13-31)43-29-45-47(40-17-7-6-16-39(40)43)46-36(18-10-20-44(46)51-45)33-14-11-27-49-30-33/h3-29,49H,30H2,1-2H3. The van der Waals surface area contributed by atoms with Gasteiger partial charge in [-0.2, -0.15) is 0 Å². The highest BCUT2D eigenvalue weighted by Crippen LogP contribution is 2.52.